The van der Waals surface area contributed by atoms with Gasteiger partial charge in [-0.05, 0) is 82.8 Å². The molecule has 1 aromatic heterocycles. The normalized spacial score (nSPS) is 43.2. The third kappa shape index (κ3) is 1.76. The quantitative estimate of drug-likeness (QED) is 0.837. The summed E-state index contributed by atoms with van der Waals surface area (Å²) >= 11 is 3.27. The van der Waals surface area contributed by atoms with E-state index in [1.165, 1.54) is 38.5 Å². The first-order valence-corrected chi connectivity index (χ1v) is 7.48. The standard InChI is InChI=1S/C13H17BrN2O/c14-12-15-11(17-16-12)7-13-4-8-1-9(5-13)3-10(2-8)6-13/h8-10H,1-7H2. The van der Waals surface area contributed by atoms with Gasteiger partial charge in [0.1, 0.15) is 0 Å². The molecule has 4 heteroatoms. The Morgan fingerprint density at radius 3 is 2.18 bits per heavy atom. The highest BCUT2D eigenvalue weighted by atomic mass is 79.9. The largest absolute Gasteiger partial charge is 0.338 e. The van der Waals surface area contributed by atoms with Crippen LogP contribution in [-0.2, 0) is 6.42 Å². The molecule has 0 atom stereocenters. The maximum absolute atomic E-state index is 5.30. The summed E-state index contributed by atoms with van der Waals surface area (Å²) < 4.78 is 5.89. The van der Waals surface area contributed by atoms with Gasteiger partial charge in [-0.1, -0.05) is 0 Å². The van der Waals surface area contributed by atoms with Crippen molar-refractivity contribution < 1.29 is 4.52 Å². The number of aromatic nitrogens is 2. The molecule has 3 nitrogen and oxygen atoms in total. The van der Waals surface area contributed by atoms with Crippen LogP contribution in [-0.4, -0.2) is 10.1 Å². The van der Waals surface area contributed by atoms with Gasteiger partial charge < -0.3 is 4.52 Å². The molecule has 0 unspecified atom stereocenters. The van der Waals surface area contributed by atoms with E-state index in [1.807, 2.05) is 0 Å². The van der Waals surface area contributed by atoms with Crippen molar-refractivity contribution in [1.29, 1.82) is 0 Å². The molecule has 4 aliphatic rings. The Bertz CT molecular complexity index is 407. The Balaban J connectivity index is 1.60. The second-order valence-corrected chi connectivity index (χ2v) is 7.26. The summed E-state index contributed by atoms with van der Waals surface area (Å²) in [5, 5.41) is 3.85. The lowest BCUT2D eigenvalue weighted by Gasteiger charge is -2.56. The second kappa shape index (κ2) is 3.56. The van der Waals surface area contributed by atoms with Crippen LogP contribution >= 0.6 is 15.9 Å². The number of rotatable bonds is 2. The zero-order valence-corrected chi connectivity index (χ0v) is 11.4. The van der Waals surface area contributed by atoms with Gasteiger partial charge in [-0.25, -0.2) is 0 Å². The van der Waals surface area contributed by atoms with Crippen molar-refractivity contribution in [2.75, 3.05) is 0 Å². The molecule has 0 saturated heterocycles. The minimum Gasteiger partial charge on any atom is -0.338 e. The van der Waals surface area contributed by atoms with Crippen molar-refractivity contribution in [3.8, 4) is 0 Å². The van der Waals surface area contributed by atoms with Gasteiger partial charge in [0.2, 0.25) is 10.6 Å². The lowest BCUT2D eigenvalue weighted by atomic mass is 9.49. The van der Waals surface area contributed by atoms with E-state index in [2.05, 4.69) is 26.1 Å². The van der Waals surface area contributed by atoms with Gasteiger partial charge in [-0.3, -0.25) is 0 Å². The molecular weight excluding hydrogens is 280 g/mol. The number of hydrogen-bond acceptors (Lipinski definition) is 3. The summed E-state index contributed by atoms with van der Waals surface area (Å²) in [6.45, 7) is 0. The molecule has 4 bridgehead atoms. The molecule has 0 aliphatic heterocycles. The van der Waals surface area contributed by atoms with Gasteiger partial charge in [0.05, 0.1) is 0 Å². The molecule has 0 amide bonds. The predicted molar refractivity (Wildman–Crippen MR) is 66.3 cm³/mol. The number of nitrogens with zero attached hydrogens (tertiary/aromatic N) is 2. The first-order chi connectivity index (χ1) is 8.21. The van der Waals surface area contributed by atoms with Crippen LogP contribution in [0.4, 0.5) is 0 Å². The lowest BCUT2D eigenvalue weighted by molar-refractivity contribution is -0.0556. The van der Waals surface area contributed by atoms with Crippen molar-refractivity contribution in [1.82, 2.24) is 10.1 Å². The van der Waals surface area contributed by atoms with E-state index in [0.717, 1.165) is 30.1 Å². The van der Waals surface area contributed by atoms with Crippen molar-refractivity contribution >= 4 is 15.9 Å². The fourth-order valence-electron chi connectivity index (χ4n) is 5.13. The van der Waals surface area contributed by atoms with Crippen LogP contribution in [0.5, 0.6) is 0 Å². The van der Waals surface area contributed by atoms with Gasteiger partial charge in [0.15, 0.2) is 0 Å². The molecule has 4 aliphatic carbocycles. The van der Waals surface area contributed by atoms with E-state index in [1.54, 1.807) is 0 Å². The monoisotopic (exact) mass is 296 g/mol. The Morgan fingerprint density at radius 1 is 1.12 bits per heavy atom. The molecule has 1 heterocycles. The Kier molecular flexibility index (Phi) is 2.21. The van der Waals surface area contributed by atoms with Gasteiger partial charge in [0.25, 0.3) is 0 Å². The molecule has 5 rings (SSSR count). The fraction of sp³-hybridized carbons (Fsp3) is 0.846. The molecule has 0 spiro atoms. The van der Waals surface area contributed by atoms with Crippen molar-refractivity contribution in [2.45, 2.75) is 44.9 Å². The minimum atomic E-state index is 0.501. The second-order valence-electron chi connectivity index (χ2n) is 6.55. The Labute approximate surface area is 109 Å². The van der Waals surface area contributed by atoms with Crippen LogP contribution in [0.1, 0.15) is 44.4 Å². The van der Waals surface area contributed by atoms with Crippen LogP contribution in [0, 0.1) is 23.2 Å². The highest BCUT2D eigenvalue weighted by Crippen LogP contribution is 2.60. The third-order valence-electron chi connectivity index (χ3n) is 5.13. The summed E-state index contributed by atoms with van der Waals surface area (Å²) in [5.74, 6) is 3.81. The molecule has 4 fully saturated rings. The van der Waals surface area contributed by atoms with Crippen LogP contribution in [0.3, 0.4) is 0 Å². The van der Waals surface area contributed by atoms with Crippen LogP contribution in [0.2, 0.25) is 0 Å². The zero-order valence-electron chi connectivity index (χ0n) is 9.86. The molecular formula is C13H17BrN2O. The third-order valence-corrected chi connectivity index (χ3v) is 5.46. The van der Waals surface area contributed by atoms with Crippen molar-refractivity contribution in [3.63, 3.8) is 0 Å². The summed E-state index contributed by atoms with van der Waals surface area (Å²) in [7, 11) is 0. The molecule has 0 radical (unpaired) electrons. The highest BCUT2D eigenvalue weighted by Gasteiger charge is 2.51. The van der Waals surface area contributed by atoms with Crippen LogP contribution in [0.25, 0.3) is 0 Å². The molecule has 1 aromatic rings. The van der Waals surface area contributed by atoms with E-state index >= 15 is 0 Å². The maximum atomic E-state index is 5.30. The minimum absolute atomic E-state index is 0.501. The van der Waals surface area contributed by atoms with Gasteiger partial charge in [-0.15, -0.1) is 0 Å². The Morgan fingerprint density at radius 2 is 1.71 bits per heavy atom. The topological polar surface area (TPSA) is 38.9 Å². The zero-order chi connectivity index (χ0) is 11.5. The van der Waals surface area contributed by atoms with Crippen LogP contribution in [0.15, 0.2) is 9.26 Å². The maximum Gasteiger partial charge on any atom is 0.238 e. The molecule has 4 saturated carbocycles. The van der Waals surface area contributed by atoms with Crippen molar-refractivity contribution in [2.24, 2.45) is 23.2 Å². The van der Waals surface area contributed by atoms with E-state index in [9.17, 15) is 0 Å². The highest BCUT2D eigenvalue weighted by molar-refractivity contribution is 9.10. The first-order valence-electron chi connectivity index (χ1n) is 6.69. The van der Waals surface area contributed by atoms with Gasteiger partial charge in [0, 0.05) is 6.42 Å². The molecule has 92 valence electrons. The van der Waals surface area contributed by atoms with Gasteiger partial charge in [-0.2, -0.15) is 4.98 Å². The number of halogens is 1. The van der Waals surface area contributed by atoms with E-state index in [-0.39, 0.29) is 0 Å². The molecule has 17 heavy (non-hydrogen) atoms. The SMILES string of the molecule is Brc1noc(CC23CC4CC(CC(C4)C2)C3)n1. The molecule has 0 aromatic carbocycles. The Hall–Kier alpha value is -0.380. The van der Waals surface area contributed by atoms with Gasteiger partial charge >= 0.3 is 0 Å². The summed E-state index contributed by atoms with van der Waals surface area (Å²) in [6.07, 6.45) is 9.69. The predicted octanol–water partition coefficient (Wildman–Crippen LogP) is 3.59. The average molecular weight is 297 g/mol. The fourth-order valence-corrected chi connectivity index (χ4v) is 5.40. The number of hydrogen-bond donors (Lipinski definition) is 0. The lowest BCUT2D eigenvalue weighted by Crippen LogP contribution is -2.47. The first kappa shape index (κ1) is 10.5. The molecule has 0 N–H and O–H groups in total. The van der Waals surface area contributed by atoms with E-state index in [0.29, 0.717) is 10.1 Å². The van der Waals surface area contributed by atoms with E-state index in [4.69, 9.17) is 4.52 Å². The smallest absolute Gasteiger partial charge is 0.238 e. The van der Waals surface area contributed by atoms with Crippen LogP contribution < -0.4 is 0 Å². The average Bonchev–Trinajstić information content (AvgIpc) is 2.60. The van der Waals surface area contributed by atoms with Crippen molar-refractivity contribution in [3.05, 3.63) is 10.6 Å². The summed E-state index contributed by atoms with van der Waals surface area (Å²) in [4.78, 5) is 4.33. The summed E-state index contributed by atoms with van der Waals surface area (Å²) in [6, 6.07) is 0. The summed E-state index contributed by atoms with van der Waals surface area (Å²) in [5.41, 5.74) is 0.501. The van der Waals surface area contributed by atoms with E-state index < -0.39 is 0 Å².